The summed E-state index contributed by atoms with van der Waals surface area (Å²) in [4.78, 5) is 36.3. The molecule has 4 aromatic rings. The number of hydrogen-bond donors (Lipinski definition) is 7. The molecule has 2 unspecified atom stereocenters. The van der Waals surface area contributed by atoms with Gasteiger partial charge in [0, 0.05) is 30.3 Å². The molecule has 1 aromatic carbocycles. The first-order valence-corrected chi connectivity index (χ1v) is 12.9. The van der Waals surface area contributed by atoms with E-state index in [-0.39, 0.29) is 19.3 Å². The molecule has 224 valence electrons. The van der Waals surface area contributed by atoms with Crippen molar-refractivity contribution in [3.8, 4) is 11.3 Å². The summed E-state index contributed by atoms with van der Waals surface area (Å²) in [5, 5.41) is 59.3. The van der Waals surface area contributed by atoms with Crippen molar-refractivity contribution >= 4 is 34.9 Å². The monoisotopic (exact) mass is 583 g/mol. The number of carboxylic acid groups (broad SMARTS) is 2. The summed E-state index contributed by atoms with van der Waals surface area (Å²) in [7, 11) is 0. The maximum atomic E-state index is 9.74. The third kappa shape index (κ3) is 8.17. The number of nitrogens with zero attached hydrogens (tertiary/aromatic N) is 4. The molecule has 0 spiro atoms. The largest absolute Gasteiger partial charge is 0.547 e. The van der Waals surface area contributed by atoms with Gasteiger partial charge < -0.3 is 50.6 Å². The predicted octanol–water partition coefficient (Wildman–Crippen LogP) is -1.19. The van der Waals surface area contributed by atoms with Gasteiger partial charge in [0.2, 0.25) is 11.6 Å². The van der Waals surface area contributed by atoms with Crippen LogP contribution in [0.5, 0.6) is 0 Å². The lowest BCUT2D eigenvalue weighted by Gasteiger charge is -2.15. The van der Waals surface area contributed by atoms with Crippen molar-refractivity contribution in [1.82, 2.24) is 19.5 Å². The standard InChI is InChI=1S/C23H27N7O2.C4H6O6/c1-15(2)30-14-26-20-21(28-23(29-22(20)30)27-18(12-31)13-32)25-11-16-6-8-17(9-7-16)19-5-3-4-10-24-19;5-1(3(7)8)2(6)4(9)10/h3-10,14-15,18,31-32H,11-13H2,1-2H3,(H2,25,27,28,29);1-2,5-6H,(H,7,8)(H,9,10). The van der Waals surface area contributed by atoms with Gasteiger partial charge >= 0.3 is 5.97 Å². The maximum Gasteiger partial charge on any atom is 0.335 e. The molecule has 15 heteroatoms. The first-order chi connectivity index (χ1) is 20.0. The minimum absolute atomic E-state index is 0.171. The zero-order valence-electron chi connectivity index (χ0n) is 22.9. The highest BCUT2D eigenvalue weighted by molar-refractivity contribution is 5.84. The van der Waals surface area contributed by atoms with E-state index in [0.717, 1.165) is 16.8 Å². The molecule has 0 aliphatic heterocycles. The molecule has 2 atom stereocenters. The average molecular weight is 584 g/mol. The van der Waals surface area contributed by atoms with Gasteiger partial charge in [-0.2, -0.15) is 9.97 Å². The van der Waals surface area contributed by atoms with Crippen LogP contribution in [-0.2, 0) is 16.1 Å². The fraction of sp³-hybridized carbons (Fsp3) is 0.333. The van der Waals surface area contributed by atoms with Gasteiger partial charge in [0.15, 0.2) is 29.3 Å². The molecule has 0 fully saturated rings. The Morgan fingerprint density at radius 2 is 1.71 bits per heavy atom. The number of carbonyl (C=O) groups is 2. The summed E-state index contributed by atoms with van der Waals surface area (Å²) in [5.74, 6) is -2.91. The van der Waals surface area contributed by atoms with Gasteiger partial charge in [-0.05, 0) is 37.6 Å². The Hall–Kier alpha value is -4.70. The van der Waals surface area contributed by atoms with Crippen LogP contribution in [0.2, 0.25) is 0 Å². The molecule has 0 aliphatic rings. The van der Waals surface area contributed by atoms with Gasteiger partial charge in [0.05, 0.1) is 31.6 Å². The number of pyridine rings is 1. The number of carboxylic acids is 2. The maximum absolute atomic E-state index is 9.74. The number of imidazole rings is 1. The van der Waals surface area contributed by atoms with Gasteiger partial charge in [0.1, 0.15) is 6.10 Å². The van der Waals surface area contributed by atoms with E-state index < -0.39 is 30.2 Å². The van der Waals surface area contributed by atoms with Crippen molar-refractivity contribution in [3.05, 3.63) is 60.6 Å². The van der Waals surface area contributed by atoms with E-state index in [2.05, 4.69) is 68.7 Å². The molecule has 15 nitrogen and oxygen atoms in total. The summed E-state index contributed by atoms with van der Waals surface area (Å²) in [6.07, 6.45) is -1.05. The zero-order valence-corrected chi connectivity index (χ0v) is 22.9. The zero-order chi connectivity index (χ0) is 30.8. The lowest BCUT2D eigenvalue weighted by atomic mass is 10.1. The quantitative estimate of drug-likeness (QED) is 0.104. The number of H-pyrrole nitrogens is 1. The number of rotatable bonds is 12. The molecule has 0 saturated heterocycles. The Labute approximate surface area is 240 Å². The number of aromatic nitrogens is 5. The minimum atomic E-state index is -2.38. The second kappa shape index (κ2) is 14.8. The number of carbonyl (C=O) groups excluding carboxylic acids is 1. The number of aliphatic carboxylic acids is 2. The number of aromatic amines is 1. The molecule has 8 N–H and O–H groups in total. The van der Waals surface area contributed by atoms with Crippen LogP contribution in [-0.4, -0.2) is 88.5 Å². The van der Waals surface area contributed by atoms with Gasteiger partial charge in [-0.15, -0.1) is 0 Å². The molecular weight excluding hydrogens is 550 g/mol. The van der Waals surface area contributed by atoms with Crippen LogP contribution in [0, 0.1) is 0 Å². The van der Waals surface area contributed by atoms with Crippen molar-refractivity contribution in [2.24, 2.45) is 0 Å². The molecule has 0 aliphatic carbocycles. The number of fused-ring (bicyclic) bond motifs is 1. The fourth-order valence-corrected chi connectivity index (χ4v) is 3.64. The molecule has 4 rings (SSSR count). The van der Waals surface area contributed by atoms with Gasteiger partial charge in [-0.1, -0.05) is 12.1 Å². The average Bonchev–Trinajstić information content (AvgIpc) is 3.43. The van der Waals surface area contributed by atoms with Crippen LogP contribution in [0.3, 0.4) is 0 Å². The van der Waals surface area contributed by atoms with Crippen molar-refractivity contribution in [3.63, 3.8) is 0 Å². The smallest absolute Gasteiger partial charge is 0.335 e. The summed E-state index contributed by atoms with van der Waals surface area (Å²) < 4.78 is 1.96. The van der Waals surface area contributed by atoms with Crippen LogP contribution in [0.4, 0.5) is 11.8 Å². The van der Waals surface area contributed by atoms with Gasteiger partial charge in [-0.25, -0.2) is 14.8 Å². The van der Waals surface area contributed by atoms with Gasteiger partial charge in [-0.3, -0.25) is 0 Å². The number of aliphatic hydroxyl groups is 4. The van der Waals surface area contributed by atoms with Crippen LogP contribution in [0.15, 0.2) is 55.0 Å². The third-order valence-corrected chi connectivity index (χ3v) is 5.98. The van der Waals surface area contributed by atoms with Crippen molar-refractivity contribution in [2.75, 3.05) is 23.8 Å². The highest BCUT2D eigenvalue weighted by Crippen LogP contribution is 2.24. The summed E-state index contributed by atoms with van der Waals surface area (Å²) >= 11 is 0. The second-order valence-corrected chi connectivity index (χ2v) is 9.39. The van der Waals surface area contributed by atoms with E-state index >= 15 is 0 Å². The lowest BCUT2D eigenvalue weighted by molar-refractivity contribution is -0.364. The highest BCUT2D eigenvalue weighted by Gasteiger charge is 2.24. The molecule has 3 aromatic heterocycles. The number of benzene rings is 1. The van der Waals surface area contributed by atoms with Crippen LogP contribution >= 0.6 is 0 Å². The van der Waals surface area contributed by atoms with E-state index in [1.807, 2.05) is 29.0 Å². The topological polar surface area (TPSA) is 240 Å². The Morgan fingerprint density at radius 1 is 1.02 bits per heavy atom. The van der Waals surface area contributed by atoms with E-state index in [9.17, 15) is 24.9 Å². The summed E-state index contributed by atoms with van der Waals surface area (Å²) in [5.41, 5.74) is 4.62. The van der Waals surface area contributed by atoms with Crippen LogP contribution < -0.4 is 20.7 Å². The Bertz CT molecular complexity index is 1440. The highest BCUT2D eigenvalue weighted by atomic mass is 16.4. The summed E-state index contributed by atoms with van der Waals surface area (Å²) in [6.45, 7) is 4.21. The Balaban J connectivity index is 0.000000416. The van der Waals surface area contributed by atoms with E-state index in [4.69, 9.17) is 15.3 Å². The molecule has 3 heterocycles. The number of nitrogens with one attached hydrogen (secondary N) is 3. The second-order valence-electron chi connectivity index (χ2n) is 9.39. The summed E-state index contributed by atoms with van der Waals surface area (Å²) in [6, 6.07) is 13.9. The third-order valence-electron chi connectivity index (χ3n) is 5.98. The van der Waals surface area contributed by atoms with Crippen molar-refractivity contribution in [1.29, 1.82) is 0 Å². The van der Waals surface area contributed by atoms with E-state index in [0.29, 0.717) is 29.5 Å². The van der Waals surface area contributed by atoms with Gasteiger partial charge in [0.25, 0.3) is 0 Å². The fourth-order valence-electron chi connectivity index (χ4n) is 3.64. The molecule has 0 radical (unpaired) electrons. The van der Waals surface area contributed by atoms with Crippen LogP contribution in [0.1, 0.15) is 25.5 Å². The predicted molar refractivity (Wildman–Crippen MR) is 148 cm³/mol. The number of hydrogen-bond acceptors (Lipinski definition) is 12. The van der Waals surface area contributed by atoms with Crippen molar-refractivity contribution in [2.45, 2.75) is 44.7 Å². The molecule has 0 saturated carbocycles. The van der Waals surface area contributed by atoms with E-state index in [1.165, 1.54) is 0 Å². The molecular formula is C27H33N7O8. The SMILES string of the molecule is CC(C)n1cnc2c(NCc3ccc(-c4cccc[nH+]4)cc3)nc(NC(CO)CO)nc21.O=C([O-])C(O)C(O)C(=O)O. The van der Waals surface area contributed by atoms with Crippen LogP contribution in [0.25, 0.3) is 22.4 Å². The number of anilines is 2. The van der Waals surface area contributed by atoms with Crippen molar-refractivity contribution < 1.29 is 45.2 Å². The number of aliphatic hydroxyl groups excluding tert-OH is 4. The minimum Gasteiger partial charge on any atom is -0.547 e. The molecule has 42 heavy (non-hydrogen) atoms. The lowest BCUT2D eigenvalue weighted by Crippen LogP contribution is -2.46. The Morgan fingerprint density at radius 3 is 2.24 bits per heavy atom. The van der Waals surface area contributed by atoms with E-state index in [1.54, 1.807) is 6.33 Å². The Kier molecular flexibility index (Phi) is 11.2. The first-order valence-electron chi connectivity index (χ1n) is 12.9. The molecule has 0 amide bonds. The first kappa shape index (κ1) is 31.8. The molecule has 0 bridgehead atoms. The normalized spacial score (nSPS) is 12.5.